The number of ether oxygens (including phenoxy) is 2. The third kappa shape index (κ3) is 5.40. The minimum Gasteiger partial charge on any atom is -0.390 e. The van der Waals surface area contributed by atoms with Gasteiger partial charge in [0.25, 0.3) is 5.56 Å². The summed E-state index contributed by atoms with van der Waals surface area (Å²) in [6.45, 7) is 6.46. The second-order valence-corrected chi connectivity index (χ2v) is 11.9. The summed E-state index contributed by atoms with van der Waals surface area (Å²) >= 11 is 0. The van der Waals surface area contributed by atoms with Gasteiger partial charge in [-0.15, -0.1) is 11.7 Å². The van der Waals surface area contributed by atoms with E-state index in [1.54, 1.807) is 10.9 Å². The van der Waals surface area contributed by atoms with Gasteiger partial charge in [0.2, 0.25) is 5.82 Å². The number of aliphatic hydroxyl groups is 1. The quantitative estimate of drug-likeness (QED) is 0.276. The molecule has 2 bridgehead atoms. The number of piperidine rings is 3. The molecule has 13 heteroatoms. The largest absolute Gasteiger partial charge is 0.390 e. The Bertz CT molecular complexity index is 1780. The van der Waals surface area contributed by atoms with E-state index in [0.29, 0.717) is 17.5 Å². The van der Waals surface area contributed by atoms with Crippen LogP contribution in [0.4, 0.5) is 4.39 Å². The van der Waals surface area contributed by atoms with Gasteiger partial charge < -0.3 is 14.6 Å². The molecule has 4 aromatic rings. The summed E-state index contributed by atoms with van der Waals surface area (Å²) in [6.07, 6.45) is 5.89. The standard InChI is InChI=1S/C31H34FN7O5/c1-2-18-13-37-10-8-19(18)11-25(37)29(22-7-9-33-24-6-4-3-5-21(22)24)43-17-20-14-38(36-35-20)16-27-26(40)12-28(44-27)39-15-23(32)30(41)34-31(39)42/h2-7,9,14-15,18-19,25-29,40H,1,8,10-13,16-17H2,(H,34,41,42). The molecule has 1 aromatic carbocycles. The van der Waals surface area contributed by atoms with Gasteiger partial charge in [-0.2, -0.15) is 4.39 Å². The first kappa shape index (κ1) is 28.7. The Balaban J connectivity index is 1.07. The predicted octanol–water partition coefficient (Wildman–Crippen LogP) is 2.32. The smallest absolute Gasteiger partial charge is 0.330 e. The highest BCUT2D eigenvalue weighted by molar-refractivity contribution is 5.82. The number of halogens is 1. The number of rotatable bonds is 9. The minimum absolute atomic E-state index is 0.0495. The van der Waals surface area contributed by atoms with Crippen LogP contribution in [0, 0.1) is 17.7 Å². The zero-order chi connectivity index (χ0) is 30.4. The highest BCUT2D eigenvalue weighted by Gasteiger charge is 2.43. The second kappa shape index (κ2) is 11.8. The zero-order valence-electron chi connectivity index (χ0n) is 24.0. The normalized spacial score (nSPS) is 28.8. The Morgan fingerprint density at radius 3 is 2.91 bits per heavy atom. The fourth-order valence-electron chi connectivity index (χ4n) is 7.04. The molecule has 8 rings (SSSR count). The van der Waals surface area contributed by atoms with Crippen molar-refractivity contribution in [2.75, 3.05) is 13.1 Å². The number of benzene rings is 1. The van der Waals surface area contributed by atoms with Gasteiger partial charge in [0, 0.05) is 30.6 Å². The van der Waals surface area contributed by atoms with Gasteiger partial charge in [0.05, 0.1) is 43.3 Å². The molecule has 4 aliphatic heterocycles. The monoisotopic (exact) mass is 603 g/mol. The van der Waals surface area contributed by atoms with Crippen molar-refractivity contribution in [2.24, 2.45) is 11.8 Å². The van der Waals surface area contributed by atoms with Crippen LogP contribution in [0.5, 0.6) is 0 Å². The lowest BCUT2D eigenvalue weighted by molar-refractivity contribution is -0.0809. The number of hydrogen-bond donors (Lipinski definition) is 2. The fourth-order valence-corrected chi connectivity index (χ4v) is 7.04. The molecule has 0 spiro atoms. The van der Waals surface area contributed by atoms with Gasteiger partial charge in [-0.3, -0.25) is 24.2 Å². The van der Waals surface area contributed by atoms with Crippen molar-refractivity contribution in [2.45, 2.75) is 63.0 Å². The van der Waals surface area contributed by atoms with Crippen LogP contribution in [-0.4, -0.2) is 70.9 Å². The summed E-state index contributed by atoms with van der Waals surface area (Å²) in [5.41, 5.74) is 0.722. The molecular formula is C31H34FN7O5. The number of fused-ring (bicyclic) bond motifs is 4. The molecule has 2 N–H and O–H groups in total. The Morgan fingerprint density at radius 1 is 1.23 bits per heavy atom. The molecule has 4 aliphatic rings. The van der Waals surface area contributed by atoms with E-state index < -0.39 is 35.5 Å². The first-order valence-electron chi connectivity index (χ1n) is 14.9. The number of aromatic nitrogens is 6. The van der Waals surface area contributed by atoms with E-state index in [-0.39, 0.29) is 31.7 Å². The van der Waals surface area contributed by atoms with Crippen molar-refractivity contribution < 1.29 is 19.0 Å². The van der Waals surface area contributed by atoms with Crippen molar-refractivity contribution in [3.63, 3.8) is 0 Å². The molecular weight excluding hydrogens is 569 g/mol. The molecule has 4 fully saturated rings. The van der Waals surface area contributed by atoms with Crippen molar-refractivity contribution in [3.05, 3.63) is 99.5 Å². The van der Waals surface area contributed by atoms with Crippen LogP contribution in [-0.2, 0) is 22.6 Å². The van der Waals surface area contributed by atoms with E-state index in [2.05, 4.69) is 38.9 Å². The Labute approximate surface area is 251 Å². The number of para-hydroxylation sites is 1. The van der Waals surface area contributed by atoms with E-state index in [4.69, 9.17) is 9.47 Å². The fraction of sp³-hybridized carbons (Fsp3) is 0.452. The number of aliphatic hydroxyl groups excluding tert-OH is 1. The van der Waals surface area contributed by atoms with Crippen molar-refractivity contribution >= 4 is 10.9 Å². The first-order valence-corrected chi connectivity index (χ1v) is 14.9. The van der Waals surface area contributed by atoms with Gasteiger partial charge in [0.1, 0.15) is 18.0 Å². The second-order valence-electron chi connectivity index (χ2n) is 11.9. The van der Waals surface area contributed by atoms with E-state index in [0.717, 1.165) is 53.2 Å². The zero-order valence-corrected chi connectivity index (χ0v) is 24.0. The first-order chi connectivity index (χ1) is 21.4. The van der Waals surface area contributed by atoms with Crippen LogP contribution in [0.3, 0.4) is 0 Å². The van der Waals surface area contributed by atoms with E-state index in [1.165, 1.54) is 0 Å². The molecule has 0 saturated carbocycles. The highest BCUT2D eigenvalue weighted by Crippen LogP contribution is 2.43. The highest BCUT2D eigenvalue weighted by atomic mass is 19.1. The average Bonchev–Trinajstić information content (AvgIpc) is 3.65. The summed E-state index contributed by atoms with van der Waals surface area (Å²) in [5.74, 6) is -0.0412. The SMILES string of the molecule is C=CC1CN2CCC1CC2C(OCc1cn(CC2OC(n3cc(F)c(=O)[nH]c3=O)CC2O)nn1)c1ccnc2ccccc12. The number of nitrogens with one attached hydrogen (secondary N) is 1. The number of H-pyrrole nitrogens is 1. The van der Waals surface area contributed by atoms with Crippen LogP contribution < -0.4 is 11.2 Å². The minimum atomic E-state index is -1.11. The summed E-state index contributed by atoms with van der Waals surface area (Å²) in [6, 6.07) is 10.3. The van der Waals surface area contributed by atoms with E-state index in [1.807, 2.05) is 35.4 Å². The molecule has 0 radical (unpaired) electrons. The van der Waals surface area contributed by atoms with Gasteiger partial charge in [-0.25, -0.2) is 9.48 Å². The molecule has 44 heavy (non-hydrogen) atoms. The van der Waals surface area contributed by atoms with E-state index in [9.17, 15) is 19.1 Å². The lowest BCUT2D eigenvalue weighted by atomic mass is 9.73. The topological polar surface area (TPSA) is 140 Å². The predicted molar refractivity (Wildman–Crippen MR) is 157 cm³/mol. The Kier molecular flexibility index (Phi) is 7.70. The van der Waals surface area contributed by atoms with Crippen molar-refractivity contribution in [3.8, 4) is 0 Å². The van der Waals surface area contributed by atoms with Crippen LogP contribution in [0.1, 0.15) is 42.9 Å². The molecule has 8 atom stereocenters. The Hall–Kier alpha value is -4.04. The molecule has 0 amide bonds. The van der Waals surface area contributed by atoms with Crippen LogP contribution in [0.15, 0.2) is 71.2 Å². The molecule has 3 aromatic heterocycles. The van der Waals surface area contributed by atoms with Gasteiger partial charge in [-0.1, -0.05) is 29.5 Å². The van der Waals surface area contributed by atoms with Gasteiger partial charge in [0.15, 0.2) is 0 Å². The van der Waals surface area contributed by atoms with Gasteiger partial charge in [-0.05, 0) is 48.9 Å². The number of nitrogens with zero attached hydrogens (tertiary/aromatic N) is 6. The third-order valence-corrected chi connectivity index (χ3v) is 9.30. The lowest BCUT2D eigenvalue weighted by Gasteiger charge is -2.51. The van der Waals surface area contributed by atoms with Crippen LogP contribution in [0.2, 0.25) is 0 Å². The molecule has 0 aliphatic carbocycles. The molecule has 7 heterocycles. The van der Waals surface area contributed by atoms with Crippen LogP contribution in [0.25, 0.3) is 10.9 Å². The molecule has 4 saturated heterocycles. The van der Waals surface area contributed by atoms with Crippen LogP contribution >= 0.6 is 0 Å². The summed E-state index contributed by atoms with van der Waals surface area (Å²) in [7, 11) is 0. The Morgan fingerprint density at radius 2 is 2.09 bits per heavy atom. The average molecular weight is 604 g/mol. The number of aromatic amines is 1. The molecule has 12 nitrogen and oxygen atoms in total. The summed E-state index contributed by atoms with van der Waals surface area (Å²) in [4.78, 5) is 32.6. The van der Waals surface area contributed by atoms with E-state index >= 15 is 0 Å². The summed E-state index contributed by atoms with van der Waals surface area (Å²) in [5, 5.41) is 20.2. The third-order valence-electron chi connectivity index (χ3n) is 9.30. The molecule has 8 unspecified atom stereocenters. The number of hydrogen-bond acceptors (Lipinski definition) is 9. The molecule has 230 valence electrons. The maximum atomic E-state index is 13.8. The summed E-state index contributed by atoms with van der Waals surface area (Å²) < 4.78 is 28.9. The maximum Gasteiger partial charge on any atom is 0.330 e. The van der Waals surface area contributed by atoms with Gasteiger partial charge >= 0.3 is 5.69 Å². The van der Waals surface area contributed by atoms with Crippen molar-refractivity contribution in [1.29, 1.82) is 0 Å². The lowest BCUT2D eigenvalue weighted by Crippen LogP contribution is -2.55. The number of pyridine rings is 1. The van der Waals surface area contributed by atoms with Crippen molar-refractivity contribution in [1.82, 2.24) is 34.4 Å². The maximum absolute atomic E-state index is 13.8.